The highest BCUT2D eigenvalue weighted by Crippen LogP contribution is 2.24. The van der Waals surface area contributed by atoms with Crippen molar-refractivity contribution < 1.29 is 10.2 Å². The number of aliphatic hydroxyl groups is 2. The summed E-state index contributed by atoms with van der Waals surface area (Å²) in [7, 11) is 0. The lowest BCUT2D eigenvalue weighted by molar-refractivity contribution is 0.281. The molecule has 0 aliphatic heterocycles. The van der Waals surface area contributed by atoms with E-state index in [2.05, 4.69) is 0 Å². The average molecular weight is 275 g/mol. The fourth-order valence-corrected chi connectivity index (χ4v) is 2.92. The molecular formula is C10H20Cl2O2S. The molecule has 15 heavy (non-hydrogen) atoms. The zero-order chi connectivity index (χ0) is 11.5. The molecular weight excluding hydrogens is 255 g/mol. The average Bonchev–Trinajstić information content (AvgIpc) is 2.28. The molecule has 0 radical (unpaired) electrons. The molecule has 0 bridgehead atoms. The molecule has 0 aromatic rings. The first-order valence-electron chi connectivity index (χ1n) is 5.27. The van der Waals surface area contributed by atoms with Crippen molar-refractivity contribution in [1.82, 2.24) is 0 Å². The van der Waals surface area contributed by atoms with Crippen molar-refractivity contribution in [1.29, 1.82) is 0 Å². The Hall–Kier alpha value is 0.850. The van der Waals surface area contributed by atoms with E-state index >= 15 is 0 Å². The second-order valence-corrected chi connectivity index (χ2v) is 5.77. The zero-order valence-electron chi connectivity index (χ0n) is 8.87. The molecule has 0 aliphatic rings. The molecule has 0 aromatic carbocycles. The van der Waals surface area contributed by atoms with Gasteiger partial charge in [0.15, 0.2) is 0 Å². The first-order valence-corrected chi connectivity index (χ1v) is 7.28. The van der Waals surface area contributed by atoms with Gasteiger partial charge < -0.3 is 10.2 Å². The van der Waals surface area contributed by atoms with Gasteiger partial charge in [-0.2, -0.15) is 11.8 Å². The van der Waals surface area contributed by atoms with Crippen molar-refractivity contribution in [2.75, 3.05) is 25.0 Å². The van der Waals surface area contributed by atoms with Gasteiger partial charge in [0.05, 0.1) is 13.2 Å². The van der Waals surface area contributed by atoms with E-state index in [1.54, 1.807) is 11.8 Å². The van der Waals surface area contributed by atoms with E-state index in [1.165, 1.54) is 0 Å². The lowest BCUT2D eigenvalue weighted by Gasteiger charge is -2.19. The predicted molar refractivity (Wildman–Crippen MR) is 69.2 cm³/mol. The van der Waals surface area contributed by atoms with Gasteiger partial charge in [-0.1, -0.05) is 0 Å². The second-order valence-electron chi connectivity index (χ2n) is 3.41. The fraction of sp³-hybridized carbons (Fsp3) is 1.00. The molecule has 92 valence electrons. The normalized spacial score (nSPS) is 15.2. The van der Waals surface area contributed by atoms with Crippen molar-refractivity contribution in [3.05, 3.63) is 0 Å². The lowest BCUT2D eigenvalue weighted by atomic mass is 10.2. The Bertz CT molecular complexity index is 125. The van der Waals surface area contributed by atoms with Crippen LogP contribution in [-0.4, -0.2) is 45.7 Å². The highest BCUT2D eigenvalue weighted by molar-refractivity contribution is 8.00. The molecule has 2 N–H and O–H groups in total. The number of alkyl halides is 2. The molecule has 0 fully saturated rings. The largest absolute Gasteiger partial charge is 0.395 e. The summed E-state index contributed by atoms with van der Waals surface area (Å²) in [6.45, 7) is 0.303. The van der Waals surface area contributed by atoms with Gasteiger partial charge in [0.2, 0.25) is 0 Å². The van der Waals surface area contributed by atoms with E-state index in [0.717, 1.165) is 25.7 Å². The zero-order valence-corrected chi connectivity index (χ0v) is 11.2. The van der Waals surface area contributed by atoms with Gasteiger partial charge >= 0.3 is 0 Å². The van der Waals surface area contributed by atoms with Crippen molar-refractivity contribution in [3.8, 4) is 0 Å². The second kappa shape index (κ2) is 11.3. The van der Waals surface area contributed by atoms with Gasteiger partial charge in [-0.25, -0.2) is 0 Å². The summed E-state index contributed by atoms with van der Waals surface area (Å²) in [5.74, 6) is 1.26. The molecule has 2 atom stereocenters. The van der Waals surface area contributed by atoms with Crippen LogP contribution in [0, 0.1) is 0 Å². The Morgan fingerprint density at radius 3 is 1.53 bits per heavy atom. The minimum atomic E-state index is 0.152. The molecule has 0 saturated heterocycles. The van der Waals surface area contributed by atoms with Crippen LogP contribution in [0.2, 0.25) is 0 Å². The van der Waals surface area contributed by atoms with E-state index in [0.29, 0.717) is 11.8 Å². The molecule has 0 spiro atoms. The Labute approximate surface area is 106 Å². The molecule has 2 nitrogen and oxygen atoms in total. The van der Waals surface area contributed by atoms with Crippen LogP contribution in [0.4, 0.5) is 0 Å². The van der Waals surface area contributed by atoms with Crippen LogP contribution >= 0.6 is 35.0 Å². The summed E-state index contributed by atoms with van der Waals surface area (Å²) < 4.78 is 0. The van der Waals surface area contributed by atoms with E-state index in [1.807, 2.05) is 0 Å². The summed E-state index contributed by atoms with van der Waals surface area (Å²) >= 11 is 12.9. The third-order valence-corrected chi connectivity index (χ3v) is 4.19. The number of hydrogen-bond donors (Lipinski definition) is 2. The topological polar surface area (TPSA) is 40.5 Å². The molecule has 5 heteroatoms. The van der Waals surface area contributed by atoms with Gasteiger partial charge in [0.25, 0.3) is 0 Å². The SMILES string of the molecule is OCC(CCCCl)SC(CO)CCCCl. The first-order chi connectivity index (χ1) is 7.28. The van der Waals surface area contributed by atoms with Crippen molar-refractivity contribution in [2.24, 2.45) is 0 Å². The first kappa shape index (κ1) is 15.9. The van der Waals surface area contributed by atoms with E-state index in [9.17, 15) is 0 Å². The maximum absolute atomic E-state index is 9.15. The number of thioether (sulfide) groups is 1. The quantitative estimate of drug-likeness (QED) is 0.602. The molecule has 0 amide bonds. The number of halogens is 2. The van der Waals surface area contributed by atoms with Crippen molar-refractivity contribution in [3.63, 3.8) is 0 Å². The summed E-state index contributed by atoms with van der Waals surface area (Å²) in [5.41, 5.74) is 0. The van der Waals surface area contributed by atoms with Crippen LogP contribution in [0.3, 0.4) is 0 Å². The molecule has 0 aromatic heterocycles. The van der Waals surface area contributed by atoms with Gasteiger partial charge in [-0.05, 0) is 25.7 Å². The molecule has 0 aliphatic carbocycles. The van der Waals surface area contributed by atoms with Gasteiger partial charge in [-0.15, -0.1) is 23.2 Å². The number of aliphatic hydroxyl groups excluding tert-OH is 2. The van der Waals surface area contributed by atoms with E-state index in [-0.39, 0.29) is 23.7 Å². The van der Waals surface area contributed by atoms with Crippen LogP contribution in [0.5, 0.6) is 0 Å². The Balaban J connectivity index is 3.77. The Kier molecular flexibility index (Phi) is 12.0. The molecule has 0 heterocycles. The lowest BCUT2D eigenvalue weighted by Crippen LogP contribution is -2.18. The highest BCUT2D eigenvalue weighted by atomic mass is 35.5. The van der Waals surface area contributed by atoms with E-state index in [4.69, 9.17) is 33.4 Å². The summed E-state index contributed by atoms with van der Waals surface area (Å²) in [6, 6.07) is 0. The molecule has 2 unspecified atom stereocenters. The van der Waals surface area contributed by atoms with Crippen LogP contribution in [0.25, 0.3) is 0 Å². The third kappa shape index (κ3) is 8.64. The van der Waals surface area contributed by atoms with E-state index < -0.39 is 0 Å². The molecule has 0 saturated carbocycles. The summed E-state index contributed by atoms with van der Waals surface area (Å²) in [4.78, 5) is 0. The monoisotopic (exact) mass is 274 g/mol. The molecule has 0 rings (SSSR count). The maximum atomic E-state index is 9.15. The predicted octanol–water partition coefficient (Wildman–Crippen LogP) is 2.48. The van der Waals surface area contributed by atoms with Crippen LogP contribution in [0.15, 0.2) is 0 Å². The Morgan fingerprint density at radius 2 is 1.27 bits per heavy atom. The smallest absolute Gasteiger partial charge is 0.0550 e. The van der Waals surface area contributed by atoms with Gasteiger partial charge in [0, 0.05) is 22.3 Å². The van der Waals surface area contributed by atoms with Crippen LogP contribution < -0.4 is 0 Å². The minimum Gasteiger partial charge on any atom is -0.395 e. The number of hydrogen-bond acceptors (Lipinski definition) is 3. The number of rotatable bonds is 10. The van der Waals surface area contributed by atoms with Gasteiger partial charge in [-0.3, -0.25) is 0 Å². The standard InChI is InChI=1S/C10H20Cl2O2S/c11-5-1-3-9(7-13)15-10(8-14)4-2-6-12/h9-10,13-14H,1-8H2. The third-order valence-electron chi connectivity index (χ3n) is 2.11. The van der Waals surface area contributed by atoms with Crippen molar-refractivity contribution in [2.45, 2.75) is 36.2 Å². The summed E-state index contributed by atoms with van der Waals surface area (Å²) in [5, 5.41) is 18.7. The van der Waals surface area contributed by atoms with Crippen molar-refractivity contribution >= 4 is 35.0 Å². The fourth-order valence-electron chi connectivity index (χ4n) is 1.29. The van der Waals surface area contributed by atoms with Crippen LogP contribution in [-0.2, 0) is 0 Å². The Morgan fingerprint density at radius 1 is 0.867 bits per heavy atom. The highest BCUT2D eigenvalue weighted by Gasteiger charge is 2.15. The van der Waals surface area contributed by atoms with Crippen LogP contribution in [0.1, 0.15) is 25.7 Å². The maximum Gasteiger partial charge on any atom is 0.0550 e. The minimum absolute atomic E-state index is 0.152. The summed E-state index contributed by atoms with van der Waals surface area (Å²) in [6.07, 6.45) is 3.63. The van der Waals surface area contributed by atoms with Gasteiger partial charge in [0.1, 0.15) is 0 Å².